The van der Waals surface area contributed by atoms with Crippen molar-refractivity contribution in [2.75, 3.05) is 44.2 Å². The monoisotopic (exact) mass is 287 g/mol. The Morgan fingerprint density at radius 2 is 1.95 bits per heavy atom. The van der Waals surface area contributed by atoms with Crippen LogP contribution in [-0.2, 0) is 0 Å². The van der Waals surface area contributed by atoms with E-state index >= 15 is 0 Å². The van der Waals surface area contributed by atoms with E-state index in [-0.39, 0.29) is 0 Å². The lowest BCUT2D eigenvalue weighted by atomic mass is 10.1. The second-order valence-electron chi connectivity index (χ2n) is 6.04. The van der Waals surface area contributed by atoms with Crippen LogP contribution in [0.25, 0.3) is 0 Å². The lowest BCUT2D eigenvalue weighted by Crippen LogP contribution is -2.52. The van der Waals surface area contributed by atoms with Gasteiger partial charge in [0, 0.05) is 51.0 Å². The summed E-state index contributed by atoms with van der Waals surface area (Å²) in [4.78, 5) is 5.11. The predicted molar refractivity (Wildman–Crippen MR) is 92.2 cm³/mol. The fourth-order valence-electron chi connectivity index (χ4n) is 3.01. The molecular weight excluding hydrogens is 258 g/mol. The minimum absolute atomic E-state index is 0.589. The molecule has 1 heterocycles. The minimum Gasteiger partial charge on any atom is -0.369 e. The number of hydrogen-bond acceptors (Lipinski definition) is 3. The lowest BCUT2D eigenvalue weighted by Gasteiger charge is -2.39. The summed E-state index contributed by atoms with van der Waals surface area (Å²) in [6.45, 7) is 16.9. The van der Waals surface area contributed by atoms with Crippen LogP contribution in [0.3, 0.4) is 0 Å². The Morgan fingerprint density at radius 3 is 2.62 bits per heavy atom. The number of piperazine rings is 1. The summed E-state index contributed by atoms with van der Waals surface area (Å²) < 4.78 is 0. The van der Waals surface area contributed by atoms with Crippen molar-refractivity contribution < 1.29 is 0 Å². The summed E-state index contributed by atoms with van der Waals surface area (Å²) in [7, 11) is 0. The van der Waals surface area contributed by atoms with Gasteiger partial charge in [-0.1, -0.05) is 18.2 Å². The van der Waals surface area contributed by atoms with E-state index in [1.165, 1.54) is 16.8 Å². The van der Waals surface area contributed by atoms with Gasteiger partial charge in [0.25, 0.3) is 0 Å². The normalized spacial score (nSPS) is 17.8. The molecule has 3 heteroatoms. The Balaban J connectivity index is 1.88. The zero-order valence-electron chi connectivity index (χ0n) is 13.7. The first-order chi connectivity index (χ1) is 10.1. The predicted octanol–water partition coefficient (Wildman–Crippen LogP) is 2.59. The van der Waals surface area contributed by atoms with Crippen molar-refractivity contribution in [2.45, 2.75) is 26.8 Å². The van der Waals surface area contributed by atoms with Gasteiger partial charge >= 0.3 is 0 Å². The number of rotatable bonds is 6. The molecule has 1 fully saturated rings. The van der Waals surface area contributed by atoms with Gasteiger partial charge in [-0.15, -0.1) is 6.58 Å². The van der Waals surface area contributed by atoms with Crippen molar-refractivity contribution in [2.24, 2.45) is 0 Å². The Bertz CT molecular complexity index is 462. The first-order valence-corrected chi connectivity index (χ1v) is 8.00. The van der Waals surface area contributed by atoms with Crippen molar-refractivity contribution in [1.29, 1.82) is 0 Å². The molecule has 3 nitrogen and oxygen atoms in total. The van der Waals surface area contributed by atoms with Crippen molar-refractivity contribution in [3.8, 4) is 0 Å². The largest absolute Gasteiger partial charge is 0.369 e. The Labute approximate surface area is 129 Å². The number of benzene rings is 1. The third-order valence-electron chi connectivity index (χ3n) is 4.58. The molecule has 0 aliphatic carbocycles. The van der Waals surface area contributed by atoms with E-state index in [0.29, 0.717) is 6.04 Å². The number of nitrogens with zero attached hydrogens (tertiary/aromatic N) is 2. The molecule has 0 aromatic heterocycles. The Kier molecular flexibility index (Phi) is 5.83. The average molecular weight is 287 g/mol. The third-order valence-corrected chi connectivity index (χ3v) is 4.58. The van der Waals surface area contributed by atoms with E-state index in [0.717, 1.165) is 39.3 Å². The summed E-state index contributed by atoms with van der Waals surface area (Å²) in [6.07, 6.45) is 1.92. The highest BCUT2D eigenvalue weighted by Gasteiger charge is 2.21. The van der Waals surface area contributed by atoms with Gasteiger partial charge < -0.3 is 10.2 Å². The maximum Gasteiger partial charge on any atom is 0.0399 e. The number of nitrogens with one attached hydrogen (secondary N) is 1. The number of hydrogen-bond donors (Lipinski definition) is 1. The standard InChI is InChI=1S/C18H29N3/c1-5-9-19-14-16(3)20-10-12-21(13-11-20)18-8-6-7-15(2)17(18)4/h5-8,16,19H,1,9-14H2,2-4H3. The highest BCUT2D eigenvalue weighted by molar-refractivity contribution is 5.56. The lowest BCUT2D eigenvalue weighted by molar-refractivity contribution is 0.194. The molecule has 1 N–H and O–H groups in total. The zero-order chi connectivity index (χ0) is 15.2. The topological polar surface area (TPSA) is 18.5 Å². The molecule has 1 aromatic rings. The molecule has 0 radical (unpaired) electrons. The van der Waals surface area contributed by atoms with Crippen molar-refractivity contribution in [1.82, 2.24) is 10.2 Å². The van der Waals surface area contributed by atoms with Crippen LogP contribution in [0.4, 0.5) is 5.69 Å². The fourth-order valence-corrected chi connectivity index (χ4v) is 3.01. The maximum absolute atomic E-state index is 3.75. The summed E-state index contributed by atoms with van der Waals surface area (Å²) in [5.41, 5.74) is 4.22. The van der Waals surface area contributed by atoms with Crippen molar-refractivity contribution >= 4 is 5.69 Å². The molecule has 1 aliphatic rings. The highest BCUT2D eigenvalue weighted by Crippen LogP contribution is 2.24. The van der Waals surface area contributed by atoms with Crippen LogP contribution >= 0.6 is 0 Å². The van der Waals surface area contributed by atoms with Gasteiger partial charge in [-0.05, 0) is 38.0 Å². The smallest absolute Gasteiger partial charge is 0.0399 e. The van der Waals surface area contributed by atoms with Crippen LogP contribution in [0.2, 0.25) is 0 Å². The van der Waals surface area contributed by atoms with E-state index in [1.54, 1.807) is 0 Å². The Morgan fingerprint density at radius 1 is 1.24 bits per heavy atom. The van der Waals surface area contributed by atoms with Gasteiger partial charge in [-0.2, -0.15) is 0 Å². The van der Waals surface area contributed by atoms with Gasteiger partial charge in [-0.3, -0.25) is 4.90 Å². The van der Waals surface area contributed by atoms with E-state index < -0.39 is 0 Å². The molecule has 116 valence electrons. The van der Waals surface area contributed by atoms with Crippen molar-refractivity contribution in [3.63, 3.8) is 0 Å². The molecule has 1 unspecified atom stereocenters. The first-order valence-electron chi connectivity index (χ1n) is 8.00. The molecule has 0 saturated carbocycles. The number of aryl methyl sites for hydroxylation is 1. The molecule has 0 spiro atoms. The second-order valence-corrected chi connectivity index (χ2v) is 6.04. The van der Waals surface area contributed by atoms with Crippen LogP contribution in [0, 0.1) is 13.8 Å². The first kappa shape index (κ1) is 16.1. The SMILES string of the molecule is C=CCNCC(C)N1CCN(c2cccc(C)c2C)CC1. The van der Waals surface area contributed by atoms with Crippen LogP contribution < -0.4 is 10.2 Å². The summed E-state index contributed by atoms with van der Waals surface area (Å²) in [5.74, 6) is 0. The van der Waals surface area contributed by atoms with Gasteiger partial charge in [-0.25, -0.2) is 0 Å². The fraction of sp³-hybridized carbons (Fsp3) is 0.556. The Hall–Kier alpha value is -1.32. The molecule has 1 aliphatic heterocycles. The van der Waals surface area contributed by atoms with Gasteiger partial charge in [0.1, 0.15) is 0 Å². The van der Waals surface area contributed by atoms with E-state index in [4.69, 9.17) is 0 Å². The molecule has 2 rings (SSSR count). The second kappa shape index (κ2) is 7.62. The molecule has 1 aromatic carbocycles. The molecule has 0 amide bonds. The molecule has 1 saturated heterocycles. The minimum atomic E-state index is 0.589. The third kappa shape index (κ3) is 4.08. The maximum atomic E-state index is 3.75. The molecular formula is C18H29N3. The van der Waals surface area contributed by atoms with Gasteiger partial charge in [0.05, 0.1) is 0 Å². The molecule has 21 heavy (non-hydrogen) atoms. The highest BCUT2D eigenvalue weighted by atomic mass is 15.3. The summed E-state index contributed by atoms with van der Waals surface area (Å²) in [5, 5.41) is 3.42. The molecule has 1 atom stereocenters. The summed E-state index contributed by atoms with van der Waals surface area (Å²) >= 11 is 0. The molecule has 0 bridgehead atoms. The van der Waals surface area contributed by atoms with Gasteiger partial charge in [0.15, 0.2) is 0 Å². The van der Waals surface area contributed by atoms with Crippen LogP contribution in [-0.4, -0.2) is 50.2 Å². The van der Waals surface area contributed by atoms with E-state index in [1.807, 2.05) is 6.08 Å². The average Bonchev–Trinajstić information content (AvgIpc) is 2.50. The quantitative estimate of drug-likeness (QED) is 0.641. The van der Waals surface area contributed by atoms with Crippen LogP contribution in [0.1, 0.15) is 18.1 Å². The van der Waals surface area contributed by atoms with Crippen molar-refractivity contribution in [3.05, 3.63) is 42.0 Å². The summed E-state index contributed by atoms with van der Waals surface area (Å²) in [6, 6.07) is 7.21. The zero-order valence-corrected chi connectivity index (χ0v) is 13.7. The van der Waals surface area contributed by atoms with E-state index in [9.17, 15) is 0 Å². The van der Waals surface area contributed by atoms with Gasteiger partial charge in [0.2, 0.25) is 0 Å². The van der Waals surface area contributed by atoms with E-state index in [2.05, 4.69) is 60.7 Å². The van der Waals surface area contributed by atoms with Crippen LogP contribution in [0.15, 0.2) is 30.9 Å². The van der Waals surface area contributed by atoms with Crippen LogP contribution in [0.5, 0.6) is 0 Å². The number of anilines is 1.